The van der Waals surface area contributed by atoms with E-state index in [1.807, 2.05) is 30.6 Å². The van der Waals surface area contributed by atoms with Gasteiger partial charge in [0, 0.05) is 20.1 Å². The van der Waals surface area contributed by atoms with Crippen molar-refractivity contribution in [3.63, 3.8) is 0 Å². The molecule has 0 aromatic carbocycles. The van der Waals surface area contributed by atoms with Crippen LogP contribution in [0.1, 0.15) is 18.3 Å². The summed E-state index contributed by atoms with van der Waals surface area (Å²) in [7, 11) is 3.85. The summed E-state index contributed by atoms with van der Waals surface area (Å²) in [6, 6.07) is 0. The van der Waals surface area contributed by atoms with E-state index in [9.17, 15) is 0 Å². The Kier molecular flexibility index (Phi) is 4.70. The standard InChI is InChI=1S/C10H17ClN4S/c1-4-7-10(11)8(15(3)13-7)5-14(2)6-9(12)16/h4-6H2,1-3H3,(H2,12,16). The van der Waals surface area contributed by atoms with Crippen molar-refractivity contribution in [3.05, 3.63) is 16.4 Å². The van der Waals surface area contributed by atoms with Crippen molar-refractivity contribution in [2.24, 2.45) is 12.8 Å². The molecule has 0 radical (unpaired) electrons. The largest absolute Gasteiger partial charge is 0.392 e. The van der Waals surface area contributed by atoms with Gasteiger partial charge in [0.1, 0.15) is 0 Å². The lowest BCUT2D eigenvalue weighted by Gasteiger charge is -2.15. The number of rotatable bonds is 5. The Hall–Kier alpha value is -0.650. The third kappa shape index (κ3) is 3.17. The highest BCUT2D eigenvalue weighted by atomic mass is 35.5. The Morgan fingerprint density at radius 2 is 2.25 bits per heavy atom. The molecule has 2 N–H and O–H groups in total. The maximum atomic E-state index is 6.24. The zero-order valence-electron chi connectivity index (χ0n) is 9.83. The van der Waals surface area contributed by atoms with Crippen LogP contribution in [-0.4, -0.2) is 33.3 Å². The molecule has 0 aliphatic rings. The SMILES string of the molecule is CCc1nn(C)c(CN(C)CC(N)=S)c1Cl. The molecule has 1 aromatic heterocycles. The Balaban J connectivity index is 2.80. The normalized spacial score (nSPS) is 11.1. The predicted molar refractivity (Wildman–Crippen MR) is 70.7 cm³/mol. The molecule has 16 heavy (non-hydrogen) atoms. The average molecular weight is 261 g/mol. The van der Waals surface area contributed by atoms with Crippen molar-refractivity contribution in [1.29, 1.82) is 0 Å². The molecule has 6 heteroatoms. The first-order valence-electron chi connectivity index (χ1n) is 5.12. The first-order chi connectivity index (χ1) is 7.45. The minimum Gasteiger partial charge on any atom is -0.392 e. The number of aryl methyl sites for hydroxylation is 2. The van der Waals surface area contributed by atoms with Crippen LogP contribution in [0.3, 0.4) is 0 Å². The molecule has 0 unspecified atom stereocenters. The van der Waals surface area contributed by atoms with Gasteiger partial charge < -0.3 is 5.73 Å². The summed E-state index contributed by atoms with van der Waals surface area (Å²) >= 11 is 11.1. The number of aromatic nitrogens is 2. The number of thiocarbonyl (C=S) groups is 1. The monoisotopic (exact) mass is 260 g/mol. The van der Waals surface area contributed by atoms with E-state index in [0.29, 0.717) is 18.1 Å². The fraction of sp³-hybridized carbons (Fsp3) is 0.600. The van der Waals surface area contributed by atoms with E-state index in [-0.39, 0.29) is 0 Å². The van der Waals surface area contributed by atoms with Crippen molar-refractivity contribution in [2.45, 2.75) is 19.9 Å². The predicted octanol–water partition coefficient (Wildman–Crippen LogP) is 1.35. The van der Waals surface area contributed by atoms with Crippen molar-refractivity contribution >= 4 is 28.8 Å². The second-order valence-electron chi connectivity index (χ2n) is 3.82. The van der Waals surface area contributed by atoms with Gasteiger partial charge in [-0.1, -0.05) is 30.7 Å². The van der Waals surface area contributed by atoms with Gasteiger partial charge in [-0.25, -0.2) is 0 Å². The van der Waals surface area contributed by atoms with Gasteiger partial charge >= 0.3 is 0 Å². The molecular formula is C10H17ClN4S. The number of halogens is 1. The fourth-order valence-corrected chi connectivity index (χ4v) is 2.14. The summed E-state index contributed by atoms with van der Waals surface area (Å²) in [6.07, 6.45) is 0.839. The maximum absolute atomic E-state index is 6.24. The van der Waals surface area contributed by atoms with Gasteiger partial charge in [-0.3, -0.25) is 9.58 Å². The Morgan fingerprint density at radius 3 is 2.69 bits per heavy atom. The second-order valence-corrected chi connectivity index (χ2v) is 4.73. The van der Waals surface area contributed by atoms with Crippen LogP contribution in [0, 0.1) is 0 Å². The minimum absolute atomic E-state index is 0.483. The molecule has 1 heterocycles. The Morgan fingerprint density at radius 1 is 1.62 bits per heavy atom. The topological polar surface area (TPSA) is 47.1 Å². The molecule has 0 aliphatic heterocycles. The lowest BCUT2D eigenvalue weighted by Crippen LogP contribution is -2.29. The smallest absolute Gasteiger partial charge is 0.0870 e. The average Bonchev–Trinajstić information content (AvgIpc) is 2.44. The second kappa shape index (κ2) is 5.61. The summed E-state index contributed by atoms with van der Waals surface area (Å²) < 4.78 is 1.82. The van der Waals surface area contributed by atoms with Crippen LogP contribution in [0.5, 0.6) is 0 Å². The van der Waals surface area contributed by atoms with E-state index < -0.39 is 0 Å². The van der Waals surface area contributed by atoms with Crippen LogP contribution in [0.25, 0.3) is 0 Å². The molecule has 1 aromatic rings. The van der Waals surface area contributed by atoms with E-state index >= 15 is 0 Å². The van der Waals surface area contributed by atoms with E-state index in [0.717, 1.165) is 22.8 Å². The zero-order valence-corrected chi connectivity index (χ0v) is 11.4. The third-order valence-corrected chi connectivity index (χ3v) is 2.91. The highest BCUT2D eigenvalue weighted by Gasteiger charge is 2.14. The molecule has 0 saturated heterocycles. The lowest BCUT2D eigenvalue weighted by molar-refractivity contribution is 0.362. The summed E-state index contributed by atoms with van der Waals surface area (Å²) in [4.78, 5) is 2.50. The van der Waals surface area contributed by atoms with Crippen LogP contribution in [0.2, 0.25) is 5.02 Å². The van der Waals surface area contributed by atoms with Crippen LogP contribution in [0.15, 0.2) is 0 Å². The van der Waals surface area contributed by atoms with Gasteiger partial charge in [0.2, 0.25) is 0 Å². The number of nitrogens with two attached hydrogens (primary N) is 1. The first-order valence-corrected chi connectivity index (χ1v) is 5.91. The van der Waals surface area contributed by atoms with Gasteiger partial charge in [0.15, 0.2) is 0 Å². The molecule has 4 nitrogen and oxygen atoms in total. The van der Waals surface area contributed by atoms with Crippen LogP contribution in [0.4, 0.5) is 0 Å². The first kappa shape index (κ1) is 13.4. The number of hydrogen-bond acceptors (Lipinski definition) is 3. The van der Waals surface area contributed by atoms with Gasteiger partial charge in [-0.15, -0.1) is 0 Å². The van der Waals surface area contributed by atoms with Gasteiger partial charge in [-0.2, -0.15) is 5.10 Å². The third-order valence-electron chi connectivity index (χ3n) is 2.35. The molecule has 0 fully saturated rings. The van der Waals surface area contributed by atoms with Gasteiger partial charge in [-0.05, 0) is 13.5 Å². The molecule has 1 rings (SSSR count). The quantitative estimate of drug-likeness (QED) is 0.812. The number of likely N-dealkylation sites (N-methyl/N-ethyl adjacent to an activating group) is 1. The molecule has 90 valence electrons. The summed E-state index contributed by atoms with van der Waals surface area (Å²) in [5.41, 5.74) is 7.42. The zero-order chi connectivity index (χ0) is 12.3. The van der Waals surface area contributed by atoms with Crippen LogP contribution < -0.4 is 5.73 Å². The van der Waals surface area contributed by atoms with Crippen molar-refractivity contribution in [2.75, 3.05) is 13.6 Å². The highest BCUT2D eigenvalue weighted by Crippen LogP contribution is 2.21. The summed E-state index contributed by atoms with van der Waals surface area (Å²) in [5, 5.41) is 5.10. The number of nitrogens with zero attached hydrogens (tertiary/aromatic N) is 3. The van der Waals surface area contributed by atoms with E-state index in [1.54, 1.807) is 0 Å². The molecule has 0 spiro atoms. The molecule has 0 atom stereocenters. The molecule has 0 saturated carbocycles. The van der Waals surface area contributed by atoms with Crippen LogP contribution >= 0.6 is 23.8 Å². The molecule has 0 amide bonds. The Bertz CT molecular complexity index is 388. The van der Waals surface area contributed by atoms with E-state index in [4.69, 9.17) is 29.6 Å². The van der Waals surface area contributed by atoms with Crippen molar-refractivity contribution < 1.29 is 0 Å². The van der Waals surface area contributed by atoms with Gasteiger partial charge in [0.25, 0.3) is 0 Å². The van der Waals surface area contributed by atoms with Crippen LogP contribution in [-0.2, 0) is 20.0 Å². The van der Waals surface area contributed by atoms with E-state index in [1.165, 1.54) is 0 Å². The summed E-state index contributed by atoms with van der Waals surface area (Å²) in [5.74, 6) is 0. The highest BCUT2D eigenvalue weighted by molar-refractivity contribution is 7.80. The minimum atomic E-state index is 0.483. The van der Waals surface area contributed by atoms with Crippen molar-refractivity contribution in [1.82, 2.24) is 14.7 Å². The summed E-state index contributed by atoms with van der Waals surface area (Å²) in [6.45, 7) is 3.31. The molecule has 0 bridgehead atoms. The lowest BCUT2D eigenvalue weighted by atomic mass is 10.3. The number of hydrogen-bond donors (Lipinski definition) is 1. The fourth-order valence-electron chi connectivity index (χ4n) is 1.57. The van der Waals surface area contributed by atoms with E-state index in [2.05, 4.69) is 5.10 Å². The Labute approximate surface area is 106 Å². The van der Waals surface area contributed by atoms with Crippen molar-refractivity contribution in [3.8, 4) is 0 Å². The maximum Gasteiger partial charge on any atom is 0.0870 e. The van der Waals surface area contributed by atoms with Gasteiger partial charge in [0.05, 0.1) is 21.4 Å². The molecular weight excluding hydrogens is 244 g/mol. The molecule has 0 aliphatic carbocycles.